The smallest absolute Gasteiger partial charge is 0.119 e. The molecule has 2 aromatic rings. The topological polar surface area (TPSA) is 41.9 Å². The van der Waals surface area contributed by atoms with Gasteiger partial charge in [0, 0.05) is 19.1 Å². The third kappa shape index (κ3) is 3.69. The number of nitrogens with zero attached hydrogens (tertiary/aromatic N) is 1. The van der Waals surface area contributed by atoms with Gasteiger partial charge in [0.15, 0.2) is 0 Å². The van der Waals surface area contributed by atoms with Gasteiger partial charge in [-0.3, -0.25) is 4.90 Å². The average molecular weight is 382 g/mol. The minimum Gasteiger partial charge on any atom is -0.491 e. The van der Waals surface area contributed by atoms with Crippen LogP contribution in [0.4, 0.5) is 0 Å². The average Bonchev–Trinajstić information content (AvgIpc) is 2.98. The molecular weight excluding hydrogens is 350 g/mol. The van der Waals surface area contributed by atoms with E-state index in [1.54, 1.807) is 0 Å². The normalized spacial score (nSPS) is 27.8. The summed E-state index contributed by atoms with van der Waals surface area (Å²) in [4.78, 5) is 2.43. The fraction of sp³-hybridized carbons (Fsp3) is 0.500. The summed E-state index contributed by atoms with van der Waals surface area (Å²) >= 11 is 0. The Morgan fingerprint density at radius 1 is 1.21 bits per heavy atom. The van der Waals surface area contributed by atoms with Gasteiger partial charge in [-0.05, 0) is 55.0 Å². The van der Waals surface area contributed by atoms with Gasteiger partial charge in [0.2, 0.25) is 0 Å². The van der Waals surface area contributed by atoms with Crippen molar-refractivity contribution in [2.45, 2.75) is 50.9 Å². The number of aliphatic hydroxyl groups is 1. The number of morpholine rings is 1. The summed E-state index contributed by atoms with van der Waals surface area (Å²) in [6.45, 7) is 9.83. The minimum atomic E-state index is -0.918. The van der Waals surface area contributed by atoms with Crippen molar-refractivity contribution in [2.24, 2.45) is 0 Å². The van der Waals surface area contributed by atoms with E-state index in [0.29, 0.717) is 19.1 Å². The van der Waals surface area contributed by atoms with Crippen LogP contribution in [0.25, 0.3) is 0 Å². The van der Waals surface area contributed by atoms with Crippen LogP contribution in [0.3, 0.4) is 0 Å². The minimum absolute atomic E-state index is 0.100. The Balaban J connectivity index is 1.48. The molecule has 0 bridgehead atoms. The van der Waals surface area contributed by atoms with Crippen LogP contribution in [-0.2, 0) is 10.3 Å². The monoisotopic (exact) mass is 381 g/mol. The molecule has 3 unspecified atom stereocenters. The molecule has 28 heavy (non-hydrogen) atoms. The molecule has 2 aromatic carbocycles. The van der Waals surface area contributed by atoms with Crippen LogP contribution in [-0.4, -0.2) is 48.5 Å². The molecule has 0 spiro atoms. The second-order valence-corrected chi connectivity index (χ2v) is 8.47. The molecule has 4 nitrogen and oxygen atoms in total. The molecule has 4 heteroatoms. The van der Waals surface area contributed by atoms with Crippen LogP contribution >= 0.6 is 0 Å². The highest BCUT2D eigenvalue weighted by Crippen LogP contribution is 2.49. The number of fused-ring (bicyclic) bond motifs is 1. The molecule has 1 N–H and O–H groups in total. The van der Waals surface area contributed by atoms with Gasteiger partial charge in [-0.15, -0.1) is 0 Å². The van der Waals surface area contributed by atoms with E-state index >= 15 is 0 Å². The van der Waals surface area contributed by atoms with Gasteiger partial charge in [-0.1, -0.05) is 43.3 Å². The number of hydrogen-bond acceptors (Lipinski definition) is 4. The number of benzene rings is 2. The van der Waals surface area contributed by atoms with E-state index in [0.717, 1.165) is 36.6 Å². The Labute approximate surface area is 168 Å². The lowest BCUT2D eigenvalue weighted by atomic mass is 9.87. The predicted molar refractivity (Wildman–Crippen MR) is 111 cm³/mol. The zero-order valence-corrected chi connectivity index (χ0v) is 17.1. The highest BCUT2D eigenvalue weighted by molar-refractivity contribution is 5.50. The van der Waals surface area contributed by atoms with Crippen molar-refractivity contribution < 1.29 is 14.6 Å². The second kappa shape index (κ2) is 7.86. The first-order valence-corrected chi connectivity index (χ1v) is 10.4. The van der Waals surface area contributed by atoms with Gasteiger partial charge < -0.3 is 14.6 Å². The zero-order chi connectivity index (χ0) is 19.7. The molecular formula is C24H31NO3. The van der Waals surface area contributed by atoms with E-state index in [1.165, 1.54) is 5.56 Å². The summed E-state index contributed by atoms with van der Waals surface area (Å²) in [6.07, 6.45) is 0.799. The third-order valence-corrected chi connectivity index (χ3v) is 6.19. The number of rotatable bonds is 5. The highest BCUT2D eigenvalue weighted by Gasteiger charge is 2.42. The molecule has 1 aliphatic heterocycles. The van der Waals surface area contributed by atoms with Crippen LogP contribution in [0.15, 0.2) is 48.5 Å². The van der Waals surface area contributed by atoms with Gasteiger partial charge in [-0.25, -0.2) is 0 Å². The summed E-state index contributed by atoms with van der Waals surface area (Å²) in [5, 5.41) is 11.4. The van der Waals surface area contributed by atoms with Gasteiger partial charge >= 0.3 is 0 Å². The highest BCUT2D eigenvalue weighted by atomic mass is 16.5. The first kappa shape index (κ1) is 19.4. The second-order valence-electron chi connectivity index (χ2n) is 8.47. The summed E-state index contributed by atoms with van der Waals surface area (Å²) < 4.78 is 12.0. The summed E-state index contributed by atoms with van der Waals surface area (Å²) in [7, 11) is 0. The maximum absolute atomic E-state index is 11.4. The number of hydrogen-bond donors (Lipinski definition) is 1. The fourth-order valence-corrected chi connectivity index (χ4v) is 4.57. The van der Waals surface area contributed by atoms with Crippen molar-refractivity contribution in [2.75, 3.05) is 26.3 Å². The van der Waals surface area contributed by atoms with Crippen LogP contribution in [0.1, 0.15) is 49.8 Å². The van der Waals surface area contributed by atoms with Crippen molar-refractivity contribution in [3.05, 3.63) is 65.2 Å². The SMILES string of the molecule is CC1CC(O)(c2ccccc2)c2ccc(OCC3CN(C(C)C)CCO3)cc21. The van der Waals surface area contributed by atoms with E-state index in [9.17, 15) is 5.11 Å². The van der Waals surface area contributed by atoms with Crippen molar-refractivity contribution in [1.82, 2.24) is 4.90 Å². The fourth-order valence-electron chi connectivity index (χ4n) is 4.57. The molecule has 0 radical (unpaired) electrons. The van der Waals surface area contributed by atoms with E-state index in [1.807, 2.05) is 42.5 Å². The summed E-state index contributed by atoms with van der Waals surface area (Å²) in [5.41, 5.74) is 2.22. The molecule has 1 heterocycles. The molecule has 4 rings (SSSR count). The lowest BCUT2D eigenvalue weighted by molar-refractivity contribution is -0.0564. The predicted octanol–water partition coefficient (Wildman–Crippen LogP) is 3.92. The Bertz CT molecular complexity index is 807. The van der Waals surface area contributed by atoms with Gasteiger partial charge in [0.25, 0.3) is 0 Å². The molecule has 1 aliphatic carbocycles. The molecule has 0 amide bonds. The van der Waals surface area contributed by atoms with Gasteiger partial charge in [-0.2, -0.15) is 0 Å². The van der Waals surface area contributed by atoms with Gasteiger partial charge in [0.1, 0.15) is 24.1 Å². The first-order valence-electron chi connectivity index (χ1n) is 10.4. The van der Waals surface area contributed by atoms with E-state index < -0.39 is 5.60 Å². The Kier molecular flexibility index (Phi) is 5.46. The molecule has 0 aromatic heterocycles. The molecule has 0 saturated carbocycles. The maximum Gasteiger partial charge on any atom is 0.119 e. The maximum atomic E-state index is 11.4. The van der Waals surface area contributed by atoms with E-state index in [4.69, 9.17) is 9.47 Å². The van der Waals surface area contributed by atoms with Crippen LogP contribution in [0.5, 0.6) is 5.75 Å². The van der Waals surface area contributed by atoms with E-state index in [-0.39, 0.29) is 12.0 Å². The Morgan fingerprint density at radius 2 is 2.00 bits per heavy atom. The van der Waals surface area contributed by atoms with Gasteiger partial charge in [0.05, 0.1) is 6.61 Å². The Morgan fingerprint density at radius 3 is 2.75 bits per heavy atom. The van der Waals surface area contributed by atoms with E-state index in [2.05, 4.69) is 31.7 Å². The Hall–Kier alpha value is -1.88. The zero-order valence-electron chi connectivity index (χ0n) is 17.1. The van der Waals surface area contributed by atoms with Crippen molar-refractivity contribution in [1.29, 1.82) is 0 Å². The van der Waals surface area contributed by atoms with Crippen molar-refractivity contribution >= 4 is 0 Å². The van der Waals surface area contributed by atoms with Crippen molar-refractivity contribution in [3.63, 3.8) is 0 Å². The molecule has 3 atom stereocenters. The third-order valence-electron chi connectivity index (χ3n) is 6.19. The molecule has 2 aliphatic rings. The lowest BCUT2D eigenvalue weighted by Crippen LogP contribution is -2.47. The molecule has 1 fully saturated rings. The lowest BCUT2D eigenvalue weighted by Gasteiger charge is -2.35. The van der Waals surface area contributed by atoms with Crippen LogP contribution in [0.2, 0.25) is 0 Å². The van der Waals surface area contributed by atoms with Crippen molar-refractivity contribution in [3.8, 4) is 5.75 Å². The summed E-state index contributed by atoms with van der Waals surface area (Å²) in [5.74, 6) is 1.14. The largest absolute Gasteiger partial charge is 0.491 e. The molecule has 1 saturated heterocycles. The summed E-state index contributed by atoms with van der Waals surface area (Å²) in [6, 6.07) is 16.6. The quantitative estimate of drug-likeness (QED) is 0.852. The van der Waals surface area contributed by atoms with Crippen LogP contribution < -0.4 is 4.74 Å². The standard InChI is InChI=1S/C24H31NO3/c1-17(2)25-11-12-27-21(15-25)16-28-20-9-10-23-22(13-20)18(3)14-24(23,26)19-7-5-4-6-8-19/h4-10,13,17-18,21,26H,11-12,14-16H2,1-3H3. The number of ether oxygens (including phenoxy) is 2. The van der Waals surface area contributed by atoms with Crippen LogP contribution in [0, 0.1) is 0 Å². The molecule has 150 valence electrons. The first-order chi connectivity index (χ1) is 13.5.